The quantitative estimate of drug-likeness (QED) is 0.763. The number of carbonyl (C=O) groups is 1. The molecule has 2 rings (SSSR count). The Morgan fingerprint density at radius 3 is 2.92 bits per heavy atom. The average molecular weight is 261 g/mol. The number of hydrogen-bond donors (Lipinski definition) is 1. The van der Waals surface area contributed by atoms with Gasteiger partial charge in [0.15, 0.2) is 0 Å². The largest absolute Gasteiger partial charge is 0.326 e. The van der Waals surface area contributed by atoms with Gasteiger partial charge in [0.2, 0.25) is 5.91 Å². The van der Waals surface area contributed by atoms with E-state index in [-0.39, 0.29) is 5.91 Å². The first-order valence-electron chi connectivity index (χ1n) is 3.94. The minimum absolute atomic E-state index is 0.0571. The fraction of sp³-hybridized carbons (Fsp3) is 0.222. The van der Waals surface area contributed by atoms with Crippen LogP contribution in [0, 0.1) is 0 Å². The summed E-state index contributed by atoms with van der Waals surface area (Å²) in [5.41, 5.74) is 1.96. The molecule has 0 radical (unpaired) electrons. The molecule has 4 heteroatoms. The highest BCUT2D eigenvalue weighted by Gasteiger charge is 2.17. The lowest BCUT2D eigenvalue weighted by Crippen LogP contribution is -2.19. The number of fused-ring (bicyclic) bond motifs is 1. The Hall–Kier alpha value is -0.540. The van der Waals surface area contributed by atoms with Gasteiger partial charge in [-0.05, 0) is 24.1 Å². The highest BCUT2D eigenvalue weighted by molar-refractivity contribution is 9.10. The Labute approximate surface area is 89.4 Å². The number of rotatable bonds is 0. The van der Waals surface area contributed by atoms with Crippen molar-refractivity contribution < 1.29 is 4.79 Å². The summed E-state index contributed by atoms with van der Waals surface area (Å²) in [5.74, 6) is 0.0571. The van der Waals surface area contributed by atoms with Crippen molar-refractivity contribution in [3.8, 4) is 0 Å². The van der Waals surface area contributed by atoms with E-state index in [1.807, 2.05) is 6.07 Å². The second-order valence-electron chi connectivity index (χ2n) is 2.96. The summed E-state index contributed by atoms with van der Waals surface area (Å²) < 4.78 is 0.968. The smallest absolute Gasteiger partial charge is 0.224 e. The van der Waals surface area contributed by atoms with Crippen molar-refractivity contribution in [2.24, 2.45) is 0 Å². The molecular formula is C9H7BrClNO. The predicted octanol–water partition coefficient (Wildman–Crippen LogP) is 2.99. The normalized spacial score (nSPS) is 15.1. The molecule has 1 aliphatic heterocycles. The van der Waals surface area contributed by atoms with Gasteiger partial charge in [0, 0.05) is 21.6 Å². The minimum Gasteiger partial charge on any atom is -0.326 e. The molecule has 0 unspecified atom stereocenters. The molecule has 0 fully saturated rings. The monoisotopic (exact) mass is 259 g/mol. The number of halogens is 2. The fourth-order valence-corrected chi connectivity index (χ4v) is 2.43. The molecule has 0 aliphatic carbocycles. The van der Waals surface area contributed by atoms with Crippen LogP contribution >= 0.6 is 27.5 Å². The van der Waals surface area contributed by atoms with Gasteiger partial charge >= 0.3 is 0 Å². The summed E-state index contributed by atoms with van der Waals surface area (Å²) in [4.78, 5) is 11.1. The Bertz CT molecular complexity index is 378. The second kappa shape index (κ2) is 3.31. The zero-order valence-corrected chi connectivity index (χ0v) is 9.08. The summed E-state index contributed by atoms with van der Waals surface area (Å²) >= 11 is 9.27. The van der Waals surface area contributed by atoms with E-state index in [0.717, 1.165) is 22.1 Å². The van der Waals surface area contributed by atoms with Crippen LogP contribution in [0.25, 0.3) is 0 Å². The third kappa shape index (κ3) is 1.71. The predicted molar refractivity (Wildman–Crippen MR) is 56.1 cm³/mol. The molecule has 0 aromatic heterocycles. The van der Waals surface area contributed by atoms with Gasteiger partial charge in [0.1, 0.15) is 0 Å². The molecule has 68 valence electrons. The molecule has 1 amide bonds. The molecule has 1 aliphatic rings. The van der Waals surface area contributed by atoms with Gasteiger partial charge < -0.3 is 5.32 Å². The molecule has 0 bridgehead atoms. The maximum atomic E-state index is 11.1. The van der Waals surface area contributed by atoms with Crippen LogP contribution in [-0.2, 0) is 11.2 Å². The van der Waals surface area contributed by atoms with Crippen LogP contribution in [0.15, 0.2) is 16.6 Å². The lowest BCUT2D eigenvalue weighted by molar-refractivity contribution is -0.116. The van der Waals surface area contributed by atoms with E-state index in [1.54, 1.807) is 6.07 Å². The first-order valence-corrected chi connectivity index (χ1v) is 5.11. The lowest BCUT2D eigenvalue weighted by atomic mass is 10.0. The highest BCUT2D eigenvalue weighted by Crippen LogP contribution is 2.32. The molecule has 2 nitrogen and oxygen atoms in total. The van der Waals surface area contributed by atoms with Crippen LogP contribution in [0.5, 0.6) is 0 Å². The van der Waals surface area contributed by atoms with Gasteiger partial charge in [-0.25, -0.2) is 0 Å². The van der Waals surface area contributed by atoms with Crippen LogP contribution in [-0.4, -0.2) is 5.91 Å². The molecule has 1 aromatic rings. The molecule has 1 N–H and O–H groups in total. The van der Waals surface area contributed by atoms with Crippen molar-refractivity contribution in [3.63, 3.8) is 0 Å². The van der Waals surface area contributed by atoms with Crippen molar-refractivity contribution in [1.82, 2.24) is 0 Å². The molecule has 1 aromatic carbocycles. The maximum absolute atomic E-state index is 11.1. The summed E-state index contributed by atoms with van der Waals surface area (Å²) in [5, 5.41) is 3.42. The summed E-state index contributed by atoms with van der Waals surface area (Å²) in [6.07, 6.45) is 1.33. The maximum Gasteiger partial charge on any atom is 0.224 e. The Morgan fingerprint density at radius 1 is 1.38 bits per heavy atom. The first kappa shape index (κ1) is 9.03. The van der Waals surface area contributed by atoms with Crippen LogP contribution in [0.1, 0.15) is 12.0 Å². The summed E-state index contributed by atoms with van der Waals surface area (Å²) in [6.45, 7) is 0. The van der Waals surface area contributed by atoms with E-state index < -0.39 is 0 Å². The van der Waals surface area contributed by atoms with Gasteiger partial charge in [-0.3, -0.25) is 4.79 Å². The number of nitrogens with one attached hydrogen (secondary N) is 1. The third-order valence-corrected chi connectivity index (χ3v) is 2.96. The van der Waals surface area contributed by atoms with E-state index in [0.29, 0.717) is 11.4 Å². The van der Waals surface area contributed by atoms with Crippen LogP contribution in [0.3, 0.4) is 0 Å². The van der Waals surface area contributed by atoms with E-state index in [4.69, 9.17) is 11.6 Å². The van der Waals surface area contributed by atoms with Crippen LogP contribution in [0.4, 0.5) is 5.69 Å². The number of amides is 1. The van der Waals surface area contributed by atoms with E-state index >= 15 is 0 Å². The molecule has 0 saturated heterocycles. The molecule has 13 heavy (non-hydrogen) atoms. The van der Waals surface area contributed by atoms with Gasteiger partial charge in [-0.1, -0.05) is 27.5 Å². The van der Waals surface area contributed by atoms with Crippen molar-refractivity contribution >= 4 is 39.1 Å². The van der Waals surface area contributed by atoms with Crippen LogP contribution < -0.4 is 5.32 Å². The number of anilines is 1. The van der Waals surface area contributed by atoms with Crippen molar-refractivity contribution in [2.45, 2.75) is 12.8 Å². The van der Waals surface area contributed by atoms with Crippen molar-refractivity contribution in [1.29, 1.82) is 0 Å². The molecule has 1 heterocycles. The zero-order valence-electron chi connectivity index (χ0n) is 6.73. The molecule has 0 atom stereocenters. The van der Waals surface area contributed by atoms with E-state index in [9.17, 15) is 4.79 Å². The Kier molecular flexibility index (Phi) is 2.30. The van der Waals surface area contributed by atoms with Crippen molar-refractivity contribution in [3.05, 3.63) is 27.2 Å². The SMILES string of the molecule is O=C1CCc2c(Br)cc(Cl)cc2N1. The first-order chi connectivity index (χ1) is 6.16. The number of benzene rings is 1. The Balaban J connectivity index is 2.53. The molecule has 0 saturated carbocycles. The Morgan fingerprint density at radius 2 is 2.15 bits per heavy atom. The third-order valence-electron chi connectivity index (χ3n) is 2.04. The van der Waals surface area contributed by atoms with Crippen LogP contribution in [0.2, 0.25) is 5.02 Å². The topological polar surface area (TPSA) is 29.1 Å². The average Bonchev–Trinajstić information content (AvgIpc) is 2.02. The van der Waals surface area contributed by atoms with Gasteiger partial charge in [-0.2, -0.15) is 0 Å². The fourth-order valence-electron chi connectivity index (χ4n) is 1.42. The lowest BCUT2D eigenvalue weighted by Gasteiger charge is -2.18. The van der Waals surface area contributed by atoms with Gasteiger partial charge in [0.25, 0.3) is 0 Å². The molecular weight excluding hydrogens is 253 g/mol. The van der Waals surface area contributed by atoms with E-state index in [1.165, 1.54) is 0 Å². The summed E-state index contributed by atoms with van der Waals surface area (Å²) in [7, 11) is 0. The standard InChI is InChI=1S/C9H7BrClNO/c10-7-3-5(11)4-8-6(7)1-2-9(13)12-8/h3-4H,1-2H2,(H,12,13). The summed E-state index contributed by atoms with van der Waals surface area (Å²) in [6, 6.07) is 3.62. The minimum atomic E-state index is 0.0571. The number of carbonyl (C=O) groups excluding carboxylic acids is 1. The van der Waals surface area contributed by atoms with E-state index in [2.05, 4.69) is 21.2 Å². The van der Waals surface area contributed by atoms with Gasteiger partial charge in [-0.15, -0.1) is 0 Å². The zero-order chi connectivity index (χ0) is 9.42. The molecule has 0 spiro atoms. The highest BCUT2D eigenvalue weighted by atomic mass is 79.9. The number of hydrogen-bond acceptors (Lipinski definition) is 1. The second-order valence-corrected chi connectivity index (χ2v) is 4.25. The van der Waals surface area contributed by atoms with Crippen molar-refractivity contribution in [2.75, 3.05) is 5.32 Å². The van der Waals surface area contributed by atoms with Gasteiger partial charge in [0.05, 0.1) is 0 Å².